The number of phenols is 1. The Morgan fingerprint density at radius 3 is 2.32 bits per heavy atom. The molecule has 104 valence electrons. The number of hydrogen-bond donors (Lipinski definition) is 2. The smallest absolute Gasteiger partial charge is 0.165 e. The minimum absolute atomic E-state index is 0.0990. The lowest BCUT2D eigenvalue weighted by molar-refractivity contribution is 0.169. The topological polar surface area (TPSA) is 64.7 Å². The molecule has 1 aliphatic carbocycles. The Morgan fingerprint density at radius 2 is 1.68 bits per heavy atom. The Hall–Kier alpha value is -1.42. The normalized spacial score (nSPS) is 21.1. The highest BCUT2D eigenvalue weighted by atomic mass is 16.6. The number of nitrogens with two attached hydrogens (primary N) is 1. The Morgan fingerprint density at radius 1 is 1.05 bits per heavy atom. The van der Waals surface area contributed by atoms with Gasteiger partial charge in [0, 0.05) is 23.6 Å². The SMILES string of the molecule is NCC1(c2cc3c(cc2O)OCCO3)CCCCC1. The lowest BCUT2D eigenvalue weighted by Crippen LogP contribution is -2.37. The lowest BCUT2D eigenvalue weighted by Gasteiger charge is -2.37. The van der Waals surface area contributed by atoms with Gasteiger partial charge in [-0.1, -0.05) is 19.3 Å². The van der Waals surface area contributed by atoms with Crippen LogP contribution < -0.4 is 15.2 Å². The van der Waals surface area contributed by atoms with Gasteiger partial charge in [-0.15, -0.1) is 0 Å². The molecule has 0 aromatic heterocycles. The van der Waals surface area contributed by atoms with Crippen molar-refractivity contribution in [3.8, 4) is 17.2 Å². The van der Waals surface area contributed by atoms with Gasteiger partial charge in [0.1, 0.15) is 19.0 Å². The van der Waals surface area contributed by atoms with Crippen molar-refractivity contribution in [3.05, 3.63) is 17.7 Å². The van der Waals surface area contributed by atoms with Crippen molar-refractivity contribution in [3.63, 3.8) is 0 Å². The van der Waals surface area contributed by atoms with Crippen molar-refractivity contribution in [1.29, 1.82) is 0 Å². The van der Waals surface area contributed by atoms with Crippen molar-refractivity contribution in [2.45, 2.75) is 37.5 Å². The average molecular weight is 263 g/mol. The monoisotopic (exact) mass is 263 g/mol. The number of hydrogen-bond acceptors (Lipinski definition) is 4. The lowest BCUT2D eigenvalue weighted by atomic mass is 9.69. The second-order valence-corrected chi connectivity index (χ2v) is 5.56. The van der Waals surface area contributed by atoms with E-state index in [9.17, 15) is 5.11 Å². The molecule has 1 aromatic rings. The van der Waals surface area contributed by atoms with Crippen LogP contribution in [0.2, 0.25) is 0 Å². The van der Waals surface area contributed by atoms with Gasteiger partial charge in [0.15, 0.2) is 11.5 Å². The first-order valence-electron chi connectivity index (χ1n) is 7.08. The van der Waals surface area contributed by atoms with Crippen LogP contribution in [0.5, 0.6) is 17.2 Å². The van der Waals surface area contributed by atoms with Crippen LogP contribution in [0.1, 0.15) is 37.7 Å². The van der Waals surface area contributed by atoms with Gasteiger partial charge < -0.3 is 20.3 Å². The second-order valence-electron chi connectivity index (χ2n) is 5.56. The maximum Gasteiger partial charge on any atom is 0.165 e. The first-order chi connectivity index (χ1) is 9.25. The predicted octanol–water partition coefficient (Wildman–Crippen LogP) is 2.32. The summed E-state index contributed by atoms with van der Waals surface area (Å²) >= 11 is 0. The van der Waals surface area contributed by atoms with Gasteiger partial charge in [0.2, 0.25) is 0 Å². The molecule has 0 amide bonds. The first kappa shape index (κ1) is 12.6. The van der Waals surface area contributed by atoms with E-state index in [0.29, 0.717) is 25.5 Å². The summed E-state index contributed by atoms with van der Waals surface area (Å²) in [6.45, 7) is 1.67. The third kappa shape index (κ3) is 2.14. The zero-order chi connectivity index (χ0) is 13.3. The molecule has 1 heterocycles. The highest BCUT2D eigenvalue weighted by Gasteiger charge is 2.36. The van der Waals surface area contributed by atoms with Gasteiger partial charge in [-0.3, -0.25) is 0 Å². The third-order valence-corrected chi connectivity index (χ3v) is 4.43. The van der Waals surface area contributed by atoms with E-state index in [1.54, 1.807) is 6.07 Å². The fourth-order valence-corrected chi connectivity index (χ4v) is 3.31. The fraction of sp³-hybridized carbons (Fsp3) is 0.600. The van der Waals surface area contributed by atoms with Gasteiger partial charge in [-0.2, -0.15) is 0 Å². The van der Waals surface area contributed by atoms with E-state index in [1.807, 2.05) is 6.07 Å². The van der Waals surface area contributed by atoms with Crippen LogP contribution in [0, 0.1) is 0 Å². The van der Waals surface area contributed by atoms with Gasteiger partial charge in [0.05, 0.1) is 0 Å². The molecule has 4 nitrogen and oxygen atoms in total. The zero-order valence-electron chi connectivity index (χ0n) is 11.2. The van der Waals surface area contributed by atoms with E-state index in [0.717, 1.165) is 24.2 Å². The Labute approximate surface area is 113 Å². The van der Waals surface area contributed by atoms with Gasteiger partial charge in [-0.25, -0.2) is 0 Å². The summed E-state index contributed by atoms with van der Waals surface area (Å²) in [5, 5.41) is 10.3. The van der Waals surface area contributed by atoms with E-state index in [2.05, 4.69) is 0 Å². The number of ether oxygens (including phenoxy) is 2. The predicted molar refractivity (Wildman–Crippen MR) is 72.9 cm³/mol. The quantitative estimate of drug-likeness (QED) is 0.859. The first-order valence-corrected chi connectivity index (χ1v) is 7.08. The van der Waals surface area contributed by atoms with Gasteiger partial charge in [0.25, 0.3) is 0 Å². The molecule has 0 spiro atoms. The zero-order valence-corrected chi connectivity index (χ0v) is 11.2. The van der Waals surface area contributed by atoms with Gasteiger partial charge in [-0.05, 0) is 18.9 Å². The number of benzene rings is 1. The largest absolute Gasteiger partial charge is 0.508 e. The molecule has 0 bridgehead atoms. The maximum atomic E-state index is 10.3. The van der Waals surface area contributed by atoms with Crippen LogP contribution in [0.15, 0.2) is 12.1 Å². The minimum atomic E-state index is -0.0990. The van der Waals surface area contributed by atoms with E-state index in [4.69, 9.17) is 15.2 Å². The molecule has 3 N–H and O–H groups in total. The van der Waals surface area contributed by atoms with Crippen LogP contribution in [0.3, 0.4) is 0 Å². The summed E-state index contributed by atoms with van der Waals surface area (Å²) in [5.74, 6) is 1.66. The van der Waals surface area contributed by atoms with Crippen LogP contribution in [0.25, 0.3) is 0 Å². The Kier molecular flexibility index (Phi) is 3.27. The summed E-state index contributed by atoms with van der Waals surface area (Å²) < 4.78 is 11.1. The summed E-state index contributed by atoms with van der Waals surface area (Å²) in [5.41, 5.74) is 6.86. The minimum Gasteiger partial charge on any atom is -0.508 e. The van der Waals surface area contributed by atoms with Crippen LogP contribution >= 0.6 is 0 Å². The average Bonchev–Trinajstić information content (AvgIpc) is 2.47. The molecular weight excluding hydrogens is 242 g/mol. The van der Waals surface area contributed by atoms with Crippen molar-refractivity contribution in [2.75, 3.05) is 19.8 Å². The maximum absolute atomic E-state index is 10.3. The summed E-state index contributed by atoms with van der Waals surface area (Å²) in [7, 11) is 0. The molecule has 19 heavy (non-hydrogen) atoms. The second kappa shape index (κ2) is 4.93. The molecule has 4 heteroatoms. The van der Waals surface area contributed by atoms with Gasteiger partial charge >= 0.3 is 0 Å². The molecule has 0 unspecified atom stereocenters. The number of aromatic hydroxyl groups is 1. The van der Waals surface area contributed by atoms with E-state index in [1.165, 1.54) is 19.3 Å². The van der Waals surface area contributed by atoms with Crippen molar-refractivity contribution in [1.82, 2.24) is 0 Å². The molecule has 3 rings (SSSR count). The van der Waals surface area contributed by atoms with Crippen molar-refractivity contribution >= 4 is 0 Å². The standard InChI is InChI=1S/C15H21NO3/c16-10-15(4-2-1-3-5-15)11-8-13-14(9-12(11)17)19-7-6-18-13/h8-9,17H,1-7,10,16H2. The van der Waals surface area contributed by atoms with E-state index in [-0.39, 0.29) is 11.2 Å². The number of rotatable bonds is 2. The molecule has 1 fully saturated rings. The Bertz CT molecular complexity index is 467. The highest BCUT2D eigenvalue weighted by Crippen LogP contribution is 2.46. The fourth-order valence-electron chi connectivity index (χ4n) is 3.31. The summed E-state index contributed by atoms with van der Waals surface area (Å²) in [4.78, 5) is 0. The molecule has 2 aliphatic rings. The van der Waals surface area contributed by atoms with Crippen LogP contribution in [0.4, 0.5) is 0 Å². The summed E-state index contributed by atoms with van der Waals surface area (Å²) in [6, 6.07) is 3.61. The Balaban J connectivity index is 2.03. The van der Waals surface area contributed by atoms with E-state index >= 15 is 0 Å². The van der Waals surface area contributed by atoms with Crippen LogP contribution in [-0.4, -0.2) is 24.9 Å². The number of phenolic OH excluding ortho intramolecular Hbond substituents is 1. The number of fused-ring (bicyclic) bond motifs is 1. The summed E-state index contributed by atoms with van der Waals surface area (Å²) in [6.07, 6.45) is 5.68. The molecule has 0 saturated heterocycles. The molecule has 0 atom stereocenters. The van der Waals surface area contributed by atoms with Crippen molar-refractivity contribution in [2.24, 2.45) is 5.73 Å². The highest BCUT2D eigenvalue weighted by molar-refractivity contribution is 5.53. The van der Waals surface area contributed by atoms with Crippen LogP contribution in [-0.2, 0) is 5.41 Å². The van der Waals surface area contributed by atoms with Crippen molar-refractivity contribution < 1.29 is 14.6 Å². The third-order valence-electron chi connectivity index (χ3n) is 4.43. The van der Waals surface area contributed by atoms with E-state index < -0.39 is 0 Å². The molecule has 1 aliphatic heterocycles. The molecular formula is C15H21NO3. The molecule has 1 saturated carbocycles. The molecule has 0 radical (unpaired) electrons. The molecule has 1 aromatic carbocycles.